The minimum absolute atomic E-state index is 0.0233. The van der Waals surface area contributed by atoms with E-state index >= 15 is 0 Å². The molecule has 0 aromatic heterocycles. The van der Waals surface area contributed by atoms with Crippen LogP contribution in [-0.4, -0.2) is 44.4 Å². The van der Waals surface area contributed by atoms with Crippen LogP contribution in [0.25, 0.3) is 0 Å². The number of ether oxygens (including phenoxy) is 5. The van der Waals surface area contributed by atoms with E-state index in [0.717, 1.165) is 30.1 Å². The monoisotopic (exact) mass is 384 g/mol. The lowest BCUT2D eigenvalue weighted by atomic mass is 10.0. The van der Waals surface area contributed by atoms with E-state index in [0.29, 0.717) is 19.8 Å². The lowest BCUT2D eigenvalue weighted by Crippen LogP contribution is -2.25. The first kappa shape index (κ1) is 19.2. The van der Waals surface area contributed by atoms with Crippen LogP contribution in [-0.2, 0) is 20.6 Å². The average Bonchev–Trinajstić information content (AvgIpc) is 3.42. The van der Waals surface area contributed by atoms with Gasteiger partial charge in [0.05, 0.1) is 13.2 Å². The first-order valence-corrected chi connectivity index (χ1v) is 9.84. The number of hydrogen-bond donors (Lipinski definition) is 0. The van der Waals surface area contributed by atoms with E-state index in [1.165, 1.54) is 11.1 Å². The summed E-state index contributed by atoms with van der Waals surface area (Å²) in [6, 6.07) is 14.6. The van der Waals surface area contributed by atoms with Crippen LogP contribution >= 0.6 is 0 Å². The molecule has 5 heteroatoms. The SMILES string of the molecule is Cc1cc(Cc2ccc(OCC3COC(C)(C)O3)cc2)ccc1OCC1CO1. The van der Waals surface area contributed by atoms with Crippen LogP contribution in [0.1, 0.15) is 30.5 Å². The van der Waals surface area contributed by atoms with E-state index in [2.05, 4.69) is 37.3 Å². The number of aryl methyl sites for hydroxylation is 1. The first-order chi connectivity index (χ1) is 13.5. The minimum atomic E-state index is -0.512. The van der Waals surface area contributed by atoms with E-state index < -0.39 is 5.79 Å². The second-order valence-electron chi connectivity index (χ2n) is 7.95. The molecule has 2 aromatic carbocycles. The molecule has 0 spiro atoms. The Bertz CT molecular complexity index is 795. The molecule has 2 saturated heterocycles. The number of benzene rings is 2. The van der Waals surface area contributed by atoms with Gasteiger partial charge >= 0.3 is 0 Å². The van der Waals surface area contributed by atoms with Crippen molar-refractivity contribution in [3.8, 4) is 11.5 Å². The summed E-state index contributed by atoms with van der Waals surface area (Å²) in [6.45, 7) is 8.44. The van der Waals surface area contributed by atoms with Crippen molar-refractivity contribution in [3.63, 3.8) is 0 Å². The third-order valence-corrected chi connectivity index (χ3v) is 4.90. The fraction of sp³-hybridized carbons (Fsp3) is 0.478. The third-order valence-electron chi connectivity index (χ3n) is 4.90. The lowest BCUT2D eigenvalue weighted by molar-refractivity contribution is -0.141. The summed E-state index contributed by atoms with van der Waals surface area (Å²) < 4.78 is 28.2. The largest absolute Gasteiger partial charge is 0.491 e. The van der Waals surface area contributed by atoms with E-state index in [4.69, 9.17) is 23.7 Å². The standard InChI is InChI=1S/C23H28O5/c1-16-10-18(6-9-22(16)26-13-20-12-25-20)11-17-4-7-19(8-5-17)24-14-21-15-27-23(2,3)28-21/h4-10,20-21H,11-15H2,1-3H3. The van der Waals surface area contributed by atoms with Crippen LogP contribution in [0.2, 0.25) is 0 Å². The van der Waals surface area contributed by atoms with Gasteiger partial charge in [-0.3, -0.25) is 0 Å². The molecule has 0 N–H and O–H groups in total. The molecule has 2 fully saturated rings. The topological polar surface area (TPSA) is 49.5 Å². The quantitative estimate of drug-likeness (QED) is 0.646. The van der Waals surface area contributed by atoms with Gasteiger partial charge < -0.3 is 23.7 Å². The Kier molecular flexibility index (Phi) is 5.58. The molecule has 28 heavy (non-hydrogen) atoms. The highest BCUT2D eigenvalue weighted by atomic mass is 16.7. The molecule has 5 nitrogen and oxygen atoms in total. The van der Waals surface area contributed by atoms with E-state index in [1.54, 1.807) is 0 Å². The van der Waals surface area contributed by atoms with Gasteiger partial charge in [-0.2, -0.15) is 0 Å². The molecule has 2 atom stereocenters. The lowest BCUT2D eigenvalue weighted by Gasteiger charge is -2.17. The molecule has 0 amide bonds. The molecule has 0 saturated carbocycles. The maximum absolute atomic E-state index is 5.84. The fourth-order valence-corrected chi connectivity index (χ4v) is 3.30. The predicted octanol–water partition coefficient (Wildman–Crippen LogP) is 3.89. The zero-order chi connectivity index (χ0) is 19.6. The van der Waals surface area contributed by atoms with Gasteiger partial charge in [0.1, 0.15) is 36.9 Å². The van der Waals surface area contributed by atoms with E-state index in [1.807, 2.05) is 26.0 Å². The highest BCUT2D eigenvalue weighted by Gasteiger charge is 2.32. The van der Waals surface area contributed by atoms with Crippen molar-refractivity contribution in [2.24, 2.45) is 0 Å². The van der Waals surface area contributed by atoms with Crippen LogP contribution in [0.15, 0.2) is 42.5 Å². The molecule has 2 aliphatic rings. The maximum Gasteiger partial charge on any atom is 0.163 e. The molecule has 0 aliphatic carbocycles. The first-order valence-electron chi connectivity index (χ1n) is 9.84. The van der Waals surface area contributed by atoms with Crippen molar-refractivity contribution < 1.29 is 23.7 Å². The van der Waals surface area contributed by atoms with Gasteiger partial charge in [-0.1, -0.05) is 24.3 Å². The molecule has 2 aromatic rings. The van der Waals surface area contributed by atoms with Gasteiger partial charge in [0.25, 0.3) is 0 Å². The van der Waals surface area contributed by atoms with Crippen molar-refractivity contribution in [1.29, 1.82) is 0 Å². The van der Waals surface area contributed by atoms with E-state index in [-0.39, 0.29) is 12.2 Å². The molecule has 2 heterocycles. The number of hydrogen-bond acceptors (Lipinski definition) is 5. The van der Waals surface area contributed by atoms with Gasteiger partial charge in [-0.25, -0.2) is 0 Å². The molecule has 150 valence electrons. The Labute approximate surface area is 166 Å². The normalized spacial score (nSPS) is 22.8. The van der Waals surface area contributed by atoms with E-state index in [9.17, 15) is 0 Å². The molecule has 4 rings (SSSR count). The molecule has 0 bridgehead atoms. The summed E-state index contributed by atoms with van der Waals surface area (Å²) in [6.07, 6.45) is 1.13. The Morgan fingerprint density at radius 1 is 0.929 bits per heavy atom. The zero-order valence-electron chi connectivity index (χ0n) is 16.8. The number of rotatable bonds is 8. The summed E-state index contributed by atoms with van der Waals surface area (Å²) in [5.74, 6) is 1.27. The molecule has 2 aliphatic heterocycles. The maximum atomic E-state index is 5.84. The molecular formula is C23H28O5. The second-order valence-corrected chi connectivity index (χ2v) is 7.95. The zero-order valence-corrected chi connectivity index (χ0v) is 16.8. The van der Waals surface area contributed by atoms with Crippen LogP contribution in [0.3, 0.4) is 0 Å². The smallest absolute Gasteiger partial charge is 0.163 e. The predicted molar refractivity (Wildman–Crippen MR) is 106 cm³/mol. The summed E-state index contributed by atoms with van der Waals surface area (Å²) in [5.41, 5.74) is 3.66. The molecule has 0 radical (unpaired) electrons. The minimum Gasteiger partial charge on any atom is -0.491 e. The van der Waals surface area contributed by atoms with Crippen LogP contribution in [0.5, 0.6) is 11.5 Å². The highest BCUT2D eigenvalue weighted by Crippen LogP contribution is 2.25. The fourth-order valence-electron chi connectivity index (χ4n) is 3.30. The summed E-state index contributed by atoms with van der Waals surface area (Å²) in [4.78, 5) is 0. The van der Waals surface area contributed by atoms with Crippen LogP contribution in [0, 0.1) is 6.92 Å². The second kappa shape index (κ2) is 8.11. The summed E-state index contributed by atoms with van der Waals surface area (Å²) in [5, 5.41) is 0. The molecular weight excluding hydrogens is 356 g/mol. The highest BCUT2D eigenvalue weighted by molar-refractivity contribution is 5.39. The molecule has 2 unspecified atom stereocenters. The van der Waals surface area contributed by atoms with Crippen molar-refractivity contribution in [2.75, 3.05) is 26.4 Å². The van der Waals surface area contributed by atoms with Gasteiger partial charge in [0.15, 0.2) is 5.79 Å². The Hall–Kier alpha value is -2.08. The van der Waals surface area contributed by atoms with Gasteiger partial charge in [0, 0.05) is 0 Å². The number of epoxide rings is 1. The van der Waals surface area contributed by atoms with Crippen molar-refractivity contribution in [1.82, 2.24) is 0 Å². The van der Waals surface area contributed by atoms with Gasteiger partial charge in [-0.05, 0) is 62.1 Å². The average molecular weight is 384 g/mol. The summed E-state index contributed by atoms with van der Waals surface area (Å²) >= 11 is 0. The Balaban J connectivity index is 1.28. The van der Waals surface area contributed by atoms with Crippen LogP contribution in [0.4, 0.5) is 0 Å². The van der Waals surface area contributed by atoms with Crippen molar-refractivity contribution >= 4 is 0 Å². The summed E-state index contributed by atoms with van der Waals surface area (Å²) in [7, 11) is 0. The third kappa shape index (κ3) is 5.25. The Morgan fingerprint density at radius 3 is 2.29 bits per heavy atom. The Morgan fingerprint density at radius 2 is 1.64 bits per heavy atom. The van der Waals surface area contributed by atoms with Gasteiger partial charge in [-0.15, -0.1) is 0 Å². The van der Waals surface area contributed by atoms with Crippen molar-refractivity contribution in [2.45, 2.75) is 45.2 Å². The van der Waals surface area contributed by atoms with Crippen LogP contribution < -0.4 is 9.47 Å². The van der Waals surface area contributed by atoms with Gasteiger partial charge in [0.2, 0.25) is 0 Å². The van der Waals surface area contributed by atoms with Crippen molar-refractivity contribution in [3.05, 3.63) is 59.2 Å².